The smallest absolute Gasteiger partial charge is 0.136 e. The van der Waals surface area contributed by atoms with Gasteiger partial charge < -0.3 is 4.79 Å². The lowest BCUT2D eigenvalue weighted by Gasteiger charge is -2.11. The average Bonchev–Trinajstić information content (AvgIpc) is 1.81. The van der Waals surface area contributed by atoms with Crippen molar-refractivity contribution >= 4 is 34.8 Å². The molecule has 0 fully saturated rings. The monoisotopic (exact) mass is 196 g/mol. The zero-order chi connectivity index (χ0) is 9.02. The molecule has 1 unspecified atom stereocenters. The highest BCUT2D eigenvalue weighted by Gasteiger charge is 2.22. The van der Waals surface area contributed by atoms with Crippen LogP contribution in [-0.4, -0.2) is 16.4 Å². The van der Waals surface area contributed by atoms with Crippen molar-refractivity contribution in [1.29, 1.82) is 0 Å². The first-order valence-electron chi connectivity index (χ1n) is 3.23. The molecule has 0 amide bonds. The topological polar surface area (TPSA) is 34.1 Å². The first kappa shape index (κ1) is 10.9. The summed E-state index contributed by atoms with van der Waals surface area (Å²) < 4.78 is 0. The molecule has 0 aliphatic rings. The molecule has 0 aromatic carbocycles. The second-order valence-electron chi connectivity index (χ2n) is 2.46. The van der Waals surface area contributed by atoms with Crippen LogP contribution in [0.4, 0.5) is 0 Å². The van der Waals surface area contributed by atoms with E-state index in [-0.39, 0.29) is 18.0 Å². The Hall–Kier alpha value is -0.0800. The fraction of sp³-hybridized carbons (Fsp3) is 0.714. The predicted molar refractivity (Wildman–Crippen MR) is 45.0 cm³/mol. The number of hydrogen-bond donors (Lipinski definition) is 0. The minimum absolute atomic E-state index is 0.0727. The standard InChI is InChI=1S/C7H10Cl2O2/c1-4(10)3-6(5(2)11)7(8)9/h6-7H,3H2,1-2H3. The molecule has 0 radical (unpaired) electrons. The van der Waals surface area contributed by atoms with Crippen LogP contribution in [0.5, 0.6) is 0 Å². The molecule has 0 saturated heterocycles. The van der Waals surface area contributed by atoms with E-state index in [1.54, 1.807) is 0 Å². The van der Waals surface area contributed by atoms with Gasteiger partial charge in [-0.1, -0.05) is 0 Å². The van der Waals surface area contributed by atoms with E-state index in [1.165, 1.54) is 13.8 Å². The van der Waals surface area contributed by atoms with Gasteiger partial charge in [0, 0.05) is 6.42 Å². The van der Waals surface area contributed by atoms with Gasteiger partial charge in [-0.05, 0) is 13.8 Å². The molecular weight excluding hydrogens is 187 g/mol. The van der Waals surface area contributed by atoms with Gasteiger partial charge in [0.05, 0.1) is 5.92 Å². The van der Waals surface area contributed by atoms with Crippen LogP contribution in [0.25, 0.3) is 0 Å². The van der Waals surface area contributed by atoms with E-state index in [1.807, 2.05) is 0 Å². The largest absolute Gasteiger partial charge is 0.300 e. The number of carbonyl (C=O) groups excluding carboxylic acids is 2. The zero-order valence-corrected chi connectivity index (χ0v) is 7.95. The van der Waals surface area contributed by atoms with Crippen molar-refractivity contribution in [3.8, 4) is 0 Å². The van der Waals surface area contributed by atoms with Crippen LogP contribution < -0.4 is 0 Å². The molecule has 0 aromatic heterocycles. The van der Waals surface area contributed by atoms with Crippen LogP contribution in [0.15, 0.2) is 0 Å². The third-order valence-corrected chi connectivity index (χ3v) is 1.94. The van der Waals surface area contributed by atoms with E-state index in [2.05, 4.69) is 0 Å². The lowest BCUT2D eigenvalue weighted by Crippen LogP contribution is -2.20. The quantitative estimate of drug-likeness (QED) is 0.645. The Morgan fingerprint density at radius 1 is 1.27 bits per heavy atom. The van der Waals surface area contributed by atoms with E-state index in [0.717, 1.165) is 0 Å². The van der Waals surface area contributed by atoms with Gasteiger partial charge in [-0.25, -0.2) is 0 Å². The molecule has 0 rings (SSSR count). The van der Waals surface area contributed by atoms with Crippen molar-refractivity contribution < 1.29 is 9.59 Å². The van der Waals surface area contributed by atoms with Gasteiger partial charge in [-0.2, -0.15) is 0 Å². The van der Waals surface area contributed by atoms with Gasteiger partial charge in [-0.15, -0.1) is 23.2 Å². The number of hydrogen-bond acceptors (Lipinski definition) is 2. The summed E-state index contributed by atoms with van der Waals surface area (Å²) in [5.41, 5.74) is 0. The van der Waals surface area contributed by atoms with Gasteiger partial charge in [0.1, 0.15) is 16.4 Å². The Labute approximate surface area is 75.9 Å². The SMILES string of the molecule is CC(=O)CC(C(C)=O)C(Cl)Cl. The highest BCUT2D eigenvalue weighted by Crippen LogP contribution is 2.19. The summed E-state index contributed by atoms with van der Waals surface area (Å²) in [6.07, 6.45) is 0.132. The predicted octanol–water partition coefficient (Wildman–Crippen LogP) is 1.97. The summed E-state index contributed by atoms with van der Waals surface area (Å²) in [7, 11) is 0. The molecule has 0 N–H and O–H groups in total. The van der Waals surface area contributed by atoms with Gasteiger partial charge >= 0.3 is 0 Å². The highest BCUT2D eigenvalue weighted by atomic mass is 35.5. The van der Waals surface area contributed by atoms with Gasteiger partial charge in [0.15, 0.2) is 0 Å². The van der Waals surface area contributed by atoms with E-state index in [9.17, 15) is 9.59 Å². The Morgan fingerprint density at radius 3 is 1.82 bits per heavy atom. The van der Waals surface area contributed by atoms with Crippen LogP contribution in [0, 0.1) is 5.92 Å². The van der Waals surface area contributed by atoms with Gasteiger partial charge in [0.2, 0.25) is 0 Å². The lowest BCUT2D eigenvalue weighted by atomic mass is 10.0. The van der Waals surface area contributed by atoms with Crippen LogP contribution in [0.3, 0.4) is 0 Å². The summed E-state index contributed by atoms with van der Waals surface area (Å²) in [6.45, 7) is 2.79. The van der Waals surface area contributed by atoms with Crippen molar-refractivity contribution in [3.05, 3.63) is 0 Å². The second kappa shape index (κ2) is 4.73. The molecule has 1 atom stereocenters. The van der Waals surface area contributed by atoms with E-state index in [4.69, 9.17) is 23.2 Å². The Morgan fingerprint density at radius 2 is 1.73 bits per heavy atom. The summed E-state index contributed by atoms with van der Waals surface area (Å²) in [6, 6.07) is 0. The van der Waals surface area contributed by atoms with Crippen molar-refractivity contribution in [2.24, 2.45) is 5.92 Å². The molecule has 64 valence electrons. The molecule has 0 saturated carbocycles. The maximum absolute atomic E-state index is 10.8. The van der Waals surface area contributed by atoms with Crippen LogP contribution in [0.1, 0.15) is 20.3 Å². The molecule has 4 heteroatoms. The molecule has 11 heavy (non-hydrogen) atoms. The third kappa shape index (κ3) is 4.38. The molecule has 2 nitrogen and oxygen atoms in total. The highest BCUT2D eigenvalue weighted by molar-refractivity contribution is 6.45. The van der Waals surface area contributed by atoms with Crippen molar-refractivity contribution in [3.63, 3.8) is 0 Å². The van der Waals surface area contributed by atoms with Gasteiger partial charge in [0.25, 0.3) is 0 Å². The summed E-state index contributed by atoms with van der Waals surface area (Å²) in [5.74, 6) is -0.762. The Balaban J connectivity index is 4.12. The number of ketones is 2. The maximum Gasteiger partial charge on any atom is 0.136 e. The van der Waals surface area contributed by atoms with Crippen molar-refractivity contribution in [2.75, 3.05) is 0 Å². The van der Waals surface area contributed by atoms with Crippen molar-refractivity contribution in [1.82, 2.24) is 0 Å². The molecule has 0 aliphatic heterocycles. The summed E-state index contributed by atoms with van der Waals surface area (Å²) >= 11 is 11.0. The molecule has 0 bridgehead atoms. The Kier molecular flexibility index (Phi) is 4.69. The second-order valence-corrected chi connectivity index (χ2v) is 3.62. The zero-order valence-electron chi connectivity index (χ0n) is 6.43. The number of carbonyl (C=O) groups is 2. The minimum atomic E-state index is -0.781. The first-order valence-corrected chi connectivity index (χ1v) is 4.10. The van der Waals surface area contributed by atoms with Crippen LogP contribution in [0.2, 0.25) is 0 Å². The van der Waals surface area contributed by atoms with Crippen LogP contribution >= 0.6 is 23.2 Å². The van der Waals surface area contributed by atoms with E-state index >= 15 is 0 Å². The number of alkyl halides is 2. The number of halogens is 2. The minimum Gasteiger partial charge on any atom is -0.300 e. The van der Waals surface area contributed by atoms with E-state index in [0.29, 0.717) is 0 Å². The molecule has 0 aliphatic carbocycles. The maximum atomic E-state index is 10.8. The molecule has 0 heterocycles. The molecular formula is C7H10Cl2O2. The summed E-state index contributed by atoms with van der Waals surface area (Å²) in [5, 5.41) is 0. The molecule has 0 spiro atoms. The number of rotatable bonds is 4. The fourth-order valence-corrected chi connectivity index (χ4v) is 1.25. The normalized spacial score (nSPS) is 13.2. The van der Waals surface area contributed by atoms with Crippen LogP contribution in [-0.2, 0) is 9.59 Å². The van der Waals surface area contributed by atoms with Crippen molar-refractivity contribution in [2.45, 2.75) is 25.1 Å². The Bertz CT molecular complexity index is 166. The fourth-order valence-electron chi connectivity index (χ4n) is 0.720. The molecule has 0 aromatic rings. The van der Waals surface area contributed by atoms with E-state index < -0.39 is 10.8 Å². The third-order valence-electron chi connectivity index (χ3n) is 1.33. The number of Topliss-reactive ketones (excluding diaryl/α,β-unsaturated/α-hetero) is 2. The first-order chi connectivity index (χ1) is 4.95. The summed E-state index contributed by atoms with van der Waals surface area (Å²) in [4.78, 5) is 20.6. The average molecular weight is 197 g/mol. The lowest BCUT2D eigenvalue weighted by molar-refractivity contribution is -0.125. The van der Waals surface area contributed by atoms with Gasteiger partial charge in [-0.3, -0.25) is 4.79 Å².